The number of aliphatic hydroxyl groups is 1. The summed E-state index contributed by atoms with van der Waals surface area (Å²) in [6, 6.07) is 6.42. The second-order valence-electron chi connectivity index (χ2n) is 5.39. The number of anilines is 2. The first-order chi connectivity index (χ1) is 9.77. The van der Waals surface area contributed by atoms with E-state index in [2.05, 4.69) is 11.8 Å². The van der Waals surface area contributed by atoms with Gasteiger partial charge in [0.1, 0.15) is 5.75 Å². The highest BCUT2D eigenvalue weighted by atomic mass is 16.5. The smallest absolute Gasteiger partial charge is 0.144 e. The van der Waals surface area contributed by atoms with Crippen LogP contribution >= 0.6 is 0 Å². The lowest BCUT2D eigenvalue weighted by Gasteiger charge is -2.32. The summed E-state index contributed by atoms with van der Waals surface area (Å²) < 4.78 is 5.70. The molecule has 0 saturated heterocycles. The molecule has 0 bridgehead atoms. The molecule has 112 valence electrons. The summed E-state index contributed by atoms with van der Waals surface area (Å²) in [5.74, 6) is 0.755. The van der Waals surface area contributed by atoms with Gasteiger partial charge < -0.3 is 20.5 Å². The molecule has 4 heteroatoms. The van der Waals surface area contributed by atoms with Crippen LogP contribution < -0.4 is 15.4 Å². The molecule has 0 aromatic heterocycles. The van der Waals surface area contributed by atoms with Crippen molar-refractivity contribution in [3.8, 4) is 5.75 Å². The van der Waals surface area contributed by atoms with E-state index in [0.29, 0.717) is 24.9 Å². The molecular weight excluding hydrogens is 252 g/mol. The Balaban J connectivity index is 2.22. The molecule has 0 heterocycles. The maximum atomic E-state index is 9.35. The lowest BCUT2D eigenvalue weighted by atomic mass is 10.1. The Kier molecular flexibility index (Phi) is 5.53. The van der Waals surface area contributed by atoms with Gasteiger partial charge in [-0.15, -0.1) is 0 Å². The van der Waals surface area contributed by atoms with E-state index in [0.717, 1.165) is 17.9 Å². The van der Waals surface area contributed by atoms with Crippen molar-refractivity contribution < 1.29 is 9.84 Å². The van der Waals surface area contributed by atoms with Crippen LogP contribution in [0.2, 0.25) is 0 Å². The number of hydrogen-bond donors (Lipinski definition) is 2. The highest BCUT2D eigenvalue weighted by Crippen LogP contribution is 2.36. The van der Waals surface area contributed by atoms with Gasteiger partial charge in [-0.25, -0.2) is 0 Å². The number of nitrogens with zero attached hydrogens (tertiary/aromatic N) is 1. The molecular formula is C16H26N2O2. The molecule has 1 aliphatic carbocycles. The van der Waals surface area contributed by atoms with Crippen molar-refractivity contribution in [3.05, 3.63) is 18.2 Å². The van der Waals surface area contributed by atoms with Crippen molar-refractivity contribution in [2.24, 2.45) is 0 Å². The largest absolute Gasteiger partial charge is 0.491 e. The van der Waals surface area contributed by atoms with Crippen LogP contribution in [0.3, 0.4) is 0 Å². The number of para-hydroxylation sites is 1. The van der Waals surface area contributed by atoms with Crippen molar-refractivity contribution in [1.82, 2.24) is 0 Å². The van der Waals surface area contributed by atoms with E-state index >= 15 is 0 Å². The molecule has 0 radical (unpaired) electrons. The number of nitrogens with two attached hydrogens (primary N) is 1. The SMILES string of the molecule is CCCOc1cccc(N(CCO)C2CCCC2)c1N. The van der Waals surface area contributed by atoms with Gasteiger partial charge in [-0.2, -0.15) is 0 Å². The lowest BCUT2D eigenvalue weighted by Crippen LogP contribution is -2.36. The Morgan fingerprint density at radius 1 is 1.35 bits per heavy atom. The zero-order valence-corrected chi connectivity index (χ0v) is 12.3. The van der Waals surface area contributed by atoms with Crippen LogP contribution in [0.4, 0.5) is 11.4 Å². The van der Waals surface area contributed by atoms with Crippen molar-refractivity contribution >= 4 is 11.4 Å². The standard InChI is InChI=1S/C16H26N2O2/c1-2-12-20-15-9-5-8-14(16(15)17)18(10-11-19)13-6-3-4-7-13/h5,8-9,13,19H,2-4,6-7,10-12,17H2,1H3. The molecule has 20 heavy (non-hydrogen) atoms. The van der Waals surface area contributed by atoms with Gasteiger partial charge >= 0.3 is 0 Å². The van der Waals surface area contributed by atoms with Crippen LogP contribution in [0, 0.1) is 0 Å². The minimum absolute atomic E-state index is 0.149. The summed E-state index contributed by atoms with van der Waals surface area (Å²) in [5, 5.41) is 9.35. The molecule has 2 rings (SSSR count). The van der Waals surface area contributed by atoms with Crippen molar-refractivity contribution in [2.45, 2.75) is 45.1 Å². The van der Waals surface area contributed by atoms with Gasteiger partial charge in [0.05, 0.1) is 24.6 Å². The van der Waals surface area contributed by atoms with Crippen LogP contribution in [0.15, 0.2) is 18.2 Å². The van der Waals surface area contributed by atoms with Crippen LogP contribution in [0.25, 0.3) is 0 Å². The predicted octanol–water partition coefficient (Wildman–Crippen LogP) is 2.80. The zero-order valence-electron chi connectivity index (χ0n) is 12.3. The molecule has 1 saturated carbocycles. The first kappa shape index (κ1) is 15.0. The third-order valence-electron chi connectivity index (χ3n) is 3.92. The van der Waals surface area contributed by atoms with Gasteiger partial charge in [0.2, 0.25) is 0 Å². The first-order valence-corrected chi connectivity index (χ1v) is 7.66. The lowest BCUT2D eigenvalue weighted by molar-refractivity contribution is 0.297. The first-order valence-electron chi connectivity index (χ1n) is 7.66. The molecule has 1 fully saturated rings. The number of benzene rings is 1. The highest BCUT2D eigenvalue weighted by Gasteiger charge is 2.24. The van der Waals surface area contributed by atoms with E-state index in [1.54, 1.807) is 0 Å². The van der Waals surface area contributed by atoms with E-state index in [1.807, 2.05) is 18.2 Å². The van der Waals surface area contributed by atoms with E-state index in [4.69, 9.17) is 10.5 Å². The van der Waals surface area contributed by atoms with Crippen molar-refractivity contribution in [3.63, 3.8) is 0 Å². The predicted molar refractivity (Wildman–Crippen MR) is 83.3 cm³/mol. The average Bonchev–Trinajstić information content (AvgIpc) is 2.98. The van der Waals surface area contributed by atoms with Crippen LogP contribution in [-0.4, -0.2) is 30.9 Å². The normalized spacial score (nSPS) is 15.5. The Labute approximate surface area is 121 Å². The van der Waals surface area contributed by atoms with Gasteiger partial charge in [-0.3, -0.25) is 0 Å². The molecule has 0 unspecified atom stereocenters. The fourth-order valence-electron chi connectivity index (χ4n) is 2.94. The quantitative estimate of drug-likeness (QED) is 0.753. The van der Waals surface area contributed by atoms with Crippen LogP contribution in [-0.2, 0) is 0 Å². The Morgan fingerprint density at radius 3 is 2.75 bits per heavy atom. The Morgan fingerprint density at radius 2 is 2.10 bits per heavy atom. The minimum atomic E-state index is 0.149. The highest BCUT2D eigenvalue weighted by molar-refractivity contribution is 5.74. The maximum Gasteiger partial charge on any atom is 0.144 e. The zero-order chi connectivity index (χ0) is 14.4. The van der Waals surface area contributed by atoms with Crippen molar-refractivity contribution in [2.75, 3.05) is 30.4 Å². The molecule has 1 aromatic carbocycles. The number of nitrogen functional groups attached to an aromatic ring is 1. The minimum Gasteiger partial charge on any atom is -0.491 e. The number of ether oxygens (including phenoxy) is 1. The summed E-state index contributed by atoms with van der Waals surface area (Å²) in [6.07, 6.45) is 5.85. The fraction of sp³-hybridized carbons (Fsp3) is 0.625. The van der Waals surface area contributed by atoms with Gasteiger partial charge in [-0.1, -0.05) is 25.8 Å². The van der Waals surface area contributed by atoms with Gasteiger partial charge in [-0.05, 0) is 31.4 Å². The molecule has 1 aliphatic rings. The maximum absolute atomic E-state index is 9.35. The van der Waals surface area contributed by atoms with E-state index in [9.17, 15) is 5.11 Å². The third-order valence-corrected chi connectivity index (χ3v) is 3.92. The second-order valence-corrected chi connectivity index (χ2v) is 5.39. The summed E-state index contributed by atoms with van der Waals surface area (Å²) >= 11 is 0. The van der Waals surface area contributed by atoms with Gasteiger partial charge in [0, 0.05) is 12.6 Å². The second kappa shape index (κ2) is 7.39. The summed E-state index contributed by atoms with van der Waals surface area (Å²) in [7, 11) is 0. The number of hydrogen-bond acceptors (Lipinski definition) is 4. The van der Waals surface area contributed by atoms with Crippen LogP contribution in [0.1, 0.15) is 39.0 Å². The number of aliphatic hydroxyl groups excluding tert-OH is 1. The molecule has 1 aromatic rings. The molecule has 0 aliphatic heterocycles. The van der Waals surface area contributed by atoms with E-state index in [-0.39, 0.29) is 6.61 Å². The van der Waals surface area contributed by atoms with Crippen molar-refractivity contribution in [1.29, 1.82) is 0 Å². The average molecular weight is 278 g/mol. The fourth-order valence-corrected chi connectivity index (χ4v) is 2.94. The molecule has 4 nitrogen and oxygen atoms in total. The molecule has 0 amide bonds. The van der Waals surface area contributed by atoms with E-state index in [1.165, 1.54) is 25.7 Å². The van der Waals surface area contributed by atoms with Gasteiger partial charge in [0.15, 0.2) is 0 Å². The topological polar surface area (TPSA) is 58.7 Å². The molecule has 0 atom stereocenters. The molecule has 0 spiro atoms. The Hall–Kier alpha value is -1.42. The third kappa shape index (κ3) is 3.37. The summed E-state index contributed by atoms with van der Waals surface area (Å²) in [6.45, 7) is 3.54. The van der Waals surface area contributed by atoms with Crippen LogP contribution in [0.5, 0.6) is 5.75 Å². The summed E-state index contributed by atoms with van der Waals surface area (Å²) in [4.78, 5) is 2.25. The number of rotatable bonds is 7. The van der Waals surface area contributed by atoms with Gasteiger partial charge in [0.25, 0.3) is 0 Å². The van der Waals surface area contributed by atoms with E-state index < -0.39 is 0 Å². The Bertz CT molecular complexity index is 417. The molecule has 3 N–H and O–H groups in total. The summed E-state index contributed by atoms with van der Waals surface area (Å²) in [5.41, 5.74) is 7.97. The monoisotopic (exact) mass is 278 g/mol.